The number of nitrogens with one attached hydrogen (secondary N) is 1. The smallest absolute Gasteiger partial charge is 0.336 e. The first-order valence-electron chi connectivity index (χ1n) is 5.79. The van der Waals surface area contributed by atoms with Gasteiger partial charge in [0.25, 0.3) is 5.91 Å². The van der Waals surface area contributed by atoms with Gasteiger partial charge in [0.15, 0.2) is 0 Å². The molecule has 1 unspecified atom stereocenters. The molecule has 0 radical (unpaired) electrons. The van der Waals surface area contributed by atoms with Crippen molar-refractivity contribution >= 4 is 17.6 Å². The van der Waals surface area contributed by atoms with Crippen LogP contribution >= 0.6 is 0 Å². The summed E-state index contributed by atoms with van der Waals surface area (Å²) in [6, 6.07) is 3.13. The predicted octanol–water partition coefficient (Wildman–Crippen LogP) is 0.914. The molecule has 0 fully saturated rings. The first-order valence-corrected chi connectivity index (χ1v) is 5.79. The van der Waals surface area contributed by atoms with Crippen molar-refractivity contribution in [1.82, 2.24) is 0 Å². The van der Waals surface area contributed by atoms with E-state index in [0.29, 0.717) is 11.3 Å². The number of rotatable bonds is 5. The molecule has 0 saturated carbocycles. The summed E-state index contributed by atoms with van der Waals surface area (Å²) in [7, 11) is 1.39. The molecule has 6 heteroatoms. The van der Waals surface area contributed by atoms with E-state index in [1.54, 1.807) is 19.9 Å². The highest BCUT2D eigenvalue weighted by molar-refractivity contribution is 5.97. The number of hydrogen-bond donors (Lipinski definition) is 3. The second-order valence-electron chi connectivity index (χ2n) is 4.22. The van der Waals surface area contributed by atoms with Crippen molar-refractivity contribution in [3.8, 4) is 0 Å². The average Bonchev–Trinajstić information content (AvgIpc) is 2.34. The Balaban J connectivity index is 3.03. The molecule has 1 atom stereocenters. The first-order chi connectivity index (χ1) is 8.90. The molecule has 1 aromatic carbocycles. The number of benzene rings is 1. The topological polar surface area (TPSA) is 102 Å². The maximum atomic E-state index is 11.8. The number of anilines is 1. The van der Waals surface area contributed by atoms with Crippen LogP contribution in [0.15, 0.2) is 12.1 Å². The van der Waals surface area contributed by atoms with Gasteiger partial charge in [0.2, 0.25) is 0 Å². The van der Waals surface area contributed by atoms with E-state index in [0.717, 1.165) is 5.56 Å². The number of aromatic carboxylic acids is 1. The molecular weight excluding hydrogens is 248 g/mol. The molecule has 1 amide bonds. The van der Waals surface area contributed by atoms with Gasteiger partial charge in [0, 0.05) is 19.3 Å². The number of ether oxygens (including phenoxy) is 1. The van der Waals surface area contributed by atoms with Crippen molar-refractivity contribution < 1.29 is 19.4 Å². The quantitative estimate of drug-likeness (QED) is 0.735. The summed E-state index contributed by atoms with van der Waals surface area (Å²) < 4.78 is 4.91. The van der Waals surface area contributed by atoms with Crippen molar-refractivity contribution in [2.45, 2.75) is 20.0 Å². The Morgan fingerprint density at radius 2 is 2.05 bits per heavy atom. The monoisotopic (exact) mass is 266 g/mol. The van der Waals surface area contributed by atoms with Gasteiger partial charge in [-0.05, 0) is 37.1 Å². The number of amides is 1. The number of methoxy groups -OCH3 is 1. The average molecular weight is 266 g/mol. The van der Waals surface area contributed by atoms with E-state index < -0.39 is 18.0 Å². The van der Waals surface area contributed by atoms with Crippen molar-refractivity contribution in [3.05, 3.63) is 28.8 Å². The normalized spacial score (nSPS) is 12.0. The molecule has 4 N–H and O–H groups in total. The van der Waals surface area contributed by atoms with Crippen LogP contribution in [0.4, 0.5) is 5.69 Å². The predicted molar refractivity (Wildman–Crippen MR) is 71.4 cm³/mol. The Kier molecular flexibility index (Phi) is 5.02. The fraction of sp³-hybridized carbons (Fsp3) is 0.385. The number of carboxylic acid groups (broad SMARTS) is 1. The molecule has 104 valence electrons. The summed E-state index contributed by atoms with van der Waals surface area (Å²) in [5.41, 5.74) is 7.43. The lowest BCUT2D eigenvalue weighted by molar-refractivity contribution is -0.125. The second-order valence-corrected chi connectivity index (χ2v) is 4.22. The number of hydrogen-bond acceptors (Lipinski definition) is 4. The molecule has 0 bridgehead atoms. The molecule has 6 nitrogen and oxygen atoms in total. The van der Waals surface area contributed by atoms with Crippen LogP contribution < -0.4 is 11.1 Å². The highest BCUT2D eigenvalue weighted by Gasteiger charge is 2.17. The number of carboxylic acids is 1. The highest BCUT2D eigenvalue weighted by Crippen LogP contribution is 2.20. The lowest BCUT2D eigenvalue weighted by atomic mass is 10.0. The molecule has 0 spiro atoms. The van der Waals surface area contributed by atoms with E-state index in [4.69, 9.17) is 15.6 Å². The first kappa shape index (κ1) is 15.1. The van der Waals surface area contributed by atoms with Crippen molar-refractivity contribution in [1.29, 1.82) is 0 Å². The van der Waals surface area contributed by atoms with Crippen LogP contribution in [0.2, 0.25) is 0 Å². The molecule has 0 aliphatic rings. The van der Waals surface area contributed by atoms with Crippen LogP contribution in [-0.4, -0.2) is 36.7 Å². The summed E-state index contributed by atoms with van der Waals surface area (Å²) in [5.74, 6) is -1.43. The molecule has 0 saturated heterocycles. The Hall–Kier alpha value is -1.92. The van der Waals surface area contributed by atoms with Crippen LogP contribution in [0, 0.1) is 13.8 Å². The SMILES string of the molecule is COC(CN)C(=O)Nc1cc(C)c(C)c(C(=O)O)c1. The van der Waals surface area contributed by atoms with Crippen LogP contribution in [-0.2, 0) is 9.53 Å². The van der Waals surface area contributed by atoms with E-state index in [9.17, 15) is 9.59 Å². The fourth-order valence-corrected chi connectivity index (χ4v) is 1.69. The van der Waals surface area contributed by atoms with Crippen LogP contribution in [0.1, 0.15) is 21.5 Å². The molecule has 0 aliphatic heterocycles. The molecular formula is C13H18N2O4. The van der Waals surface area contributed by atoms with Gasteiger partial charge in [0.05, 0.1) is 5.56 Å². The van der Waals surface area contributed by atoms with Crippen molar-refractivity contribution in [3.63, 3.8) is 0 Å². The largest absolute Gasteiger partial charge is 0.478 e. The van der Waals surface area contributed by atoms with Gasteiger partial charge in [-0.25, -0.2) is 4.79 Å². The van der Waals surface area contributed by atoms with Gasteiger partial charge >= 0.3 is 5.97 Å². The van der Waals surface area contributed by atoms with Gasteiger partial charge in [-0.15, -0.1) is 0 Å². The zero-order chi connectivity index (χ0) is 14.6. The summed E-state index contributed by atoms with van der Waals surface area (Å²) in [6.07, 6.45) is -0.755. The number of aryl methyl sites for hydroxylation is 1. The van der Waals surface area contributed by atoms with Crippen LogP contribution in [0.3, 0.4) is 0 Å². The van der Waals surface area contributed by atoms with E-state index in [2.05, 4.69) is 5.32 Å². The van der Waals surface area contributed by atoms with E-state index in [-0.39, 0.29) is 12.1 Å². The minimum Gasteiger partial charge on any atom is -0.478 e. The Bertz CT molecular complexity index is 496. The summed E-state index contributed by atoms with van der Waals surface area (Å²) in [4.78, 5) is 22.9. The van der Waals surface area contributed by atoms with E-state index in [1.165, 1.54) is 13.2 Å². The third-order valence-corrected chi connectivity index (χ3v) is 2.96. The zero-order valence-electron chi connectivity index (χ0n) is 11.2. The number of carbonyl (C=O) groups excluding carboxylic acids is 1. The number of nitrogens with two attached hydrogens (primary N) is 1. The lowest BCUT2D eigenvalue weighted by Gasteiger charge is -2.15. The maximum Gasteiger partial charge on any atom is 0.336 e. The number of carbonyl (C=O) groups is 2. The standard InChI is InChI=1S/C13H18N2O4/c1-7-4-9(5-10(8(7)2)13(17)18)15-12(16)11(6-14)19-3/h4-5,11H,6,14H2,1-3H3,(H,15,16)(H,17,18). The van der Waals surface area contributed by atoms with Crippen molar-refractivity contribution in [2.24, 2.45) is 5.73 Å². The van der Waals surface area contributed by atoms with Gasteiger partial charge in [-0.2, -0.15) is 0 Å². The molecule has 19 heavy (non-hydrogen) atoms. The Morgan fingerprint density at radius 1 is 1.42 bits per heavy atom. The highest BCUT2D eigenvalue weighted by atomic mass is 16.5. The molecule has 1 rings (SSSR count). The zero-order valence-corrected chi connectivity index (χ0v) is 11.2. The Labute approximate surface area is 111 Å². The van der Waals surface area contributed by atoms with Gasteiger partial charge < -0.3 is 20.9 Å². The van der Waals surface area contributed by atoms with Crippen LogP contribution in [0.5, 0.6) is 0 Å². The maximum absolute atomic E-state index is 11.8. The minimum atomic E-state index is -1.03. The summed E-state index contributed by atoms with van der Waals surface area (Å²) in [6.45, 7) is 3.56. The van der Waals surface area contributed by atoms with Gasteiger partial charge in [-0.3, -0.25) is 4.79 Å². The summed E-state index contributed by atoms with van der Waals surface area (Å²) >= 11 is 0. The molecule has 1 aromatic rings. The van der Waals surface area contributed by atoms with E-state index >= 15 is 0 Å². The van der Waals surface area contributed by atoms with Crippen LogP contribution in [0.25, 0.3) is 0 Å². The molecule has 0 heterocycles. The fourth-order valence-electron chi connectivity index (χ4n) is 1.69. The van der Waals surface area contributed by atoms with Gasteiger partial charge in [0.1, 0.15) is 6.10 Å². The third-order valence-electron chi connectivity index (χ3n) is 2.96. The summed E-state index contributed by atoms with van der Waals surface area (Å²) in [5, 5.41) is 11.7. The Morgan fingerprint density at radius 3 is 2.53 bits per heavy atom. The minimum absolute atomic E-state index is 0.0545. The second kappa shape index (κ2) is 6.31. The molecule has 0 aliphatic carbocycles. The van der Waals surface area contributed by atoms with Gasteiger partial charge in [-0.1, -0.05) is 0 Å². The van der Waals surface area contributed by atoms with Crippen molar-refractivity contribution in [2.75, 3.05) is 19.0 Å². The molecule has 0 aromatic heterocycles. The van der Waals surface area contributed by atoms with E-state index in [1.807, 2.05) is 0 Å². The third kappa shape index (κ3) is 3.52. The lowest BCUT2D eigenvalue weighted by Crippen LogP contribution is -2.36.